The molecule has 0 amide bonds. The van der Waals surface area contributed by atoms with E-state index in [0.29, 0.717) is 6.54 Å². The van der Waals surface area contributed by atoms with Gasteiger partial charge < -0.3 is 10.3 Å². The number of H-pyrrole nitrogens is 1. The van der Waals surface area contributed by atoms with Gasteiger partial charge >= 0.3 is 5.69 Å². The Bertz CT molecular complexity index is 744. The van der Waals surface area contributed by atoms with Gasteiger partial charge in [0.1, 0.15) is 5.82 Å². The Morgan fingerprint density at radius 2 is 2.20 bits per heavy atom. The van der Waals surface area contributed by atoms with Crippen molar-refractivity contribution in [2.75, 3.05) is 13.1 Å². The first-order chi connectivity index (χ1) is 9.66. The second-order valence-corrected chi connectivity index (χ2v) is 5.22. The summed E-state index contributed by atoms with van der Waals surface area (Å²) in [5.74, 6) is -0.369. The number of nitrogens with zero attached hydrogens (tertiary/aromatic N) is 1. The van der Waals surface area contributed by atoms with Gasteiger partial charge in [-0.15, -0.1) is 0 Å². The molecular formula is C14H16FN3O2. The highest BCUT2D eigenvalue weighted by atomic mass is 19.1. The molecule has 2 aromatic rings. The first-order valence-corrected chi connectivity index (χ1v) is 6.79. The van der Waals surface area contributed by atoms with E-state index < -0.39 is 17.1 Å². The molecule has 3 rings (SSSR count). The summed E-state index contributed by atoms with van der Waals surface area (Å²) in [6, 6.07) is 4.24. The molecule has 0 radical (unpaired) electrons. The summed E-state index contributed by atoms with van der Waals surface area (Å²) in [6.45, 7) is 2.07. The monoisotopic (exact) mass is 277 g/mol. The van der Waals surface area contributed by atoms with Crippen LogP contribution in [0.15, 0.2) is 27.8 Å². The second kappa shape index (κ2) is 5.20. The van der Waals surface area contributed by atoms with Crippen molar-refractivity contribution in [3.05, 3.63) is 44.9 Å². The highest BCUT2D eigenvalue weighted by Crippen LogP contribution is 2.12. The predicted octanol–water partition coefficient (Wildman–Crippen LogP) is 0.829. The zero-order valence-electron chi connectivity index (χ0n) is 11.0. The molecule has 0 aliphatic carbocycles. The van der Waals surface area contributed by atoms with E-state index in [0.717, 1.165) is 30.5 Å². The van der Waals surface area contributed by atoms with Gasteiger partial charge in [-0.05, 0) is 44.0 Å². The van der Waals surface area contributed by atoms with Crippen molar-refractivity contribution in [3.8, 4) is 0 Å². The average molecular weight is 277 g/mol. The van der Waals surface area contributed by atoms with Crippen LogP contribution in [-0.2, 0) is 6.54 Å². The number of hydrogen-bond acceptors (Lipinski definition) is 3. The molecule has 0 bridgehead atoms. The summed E-state index contributed by atoms with van der Waals surface area (Å²) < 4.78 is 14.9. The van der Waals surface area contributed by atoms with E-state index in [1.165, 1.54) is 18.2 Å². The molecule has 106 valence electrons. The molecule has 1 saturated heterocycles. The summed E-state index contributed by atoms with van der Waals surface area (Å²) in [4.78, 5) is 26.9. The van der Waals surface area contributed by atoms with Crippen LogP contribution in [0.1, 0.15) is 12.8 Å². The highest BCUT2D eigenvalue weighted by molar-refractivity contribution is 5.77. The van der Waals surface area contributed by atoms with Gasteiger partial charge in [0, 0.05) is 6.54 Å². The average Bonchev–Trinajstić information content (AvgIpc) is 2.44. The van der Waals surface area contributed by atoms with Crippen LogP contribution in [0.3, 0.4) is 0 Å². The lowest BCUT2D eigenvalue weighted by atomic mass is 10.00. The molecule has 1 fully saturated rings. The number of nitrogens with one attached hydrogen (secondary N) is 2. The summed E-state index contributed by atoms with van der Waals surface area (Å²) >= 11 is 0. The van der Waals surface area contributed by atoms with E-state index >= 15 is 0 Å². The third kappa shape index (κ3) is 2.27. The molecule has 1 atom stereocenters. The van der Waals surface area contributed by atoms with Gasteiger partial charge in [0.25, 0.3) is 5.56 Å². The van der Waals surface area contributed by atoms with Gasteiger partial charge in [0.2, 0.25) is 0 Å². The smallest absolute Gasteiger partial charge is 0.316 e. The maximum Gasteiger partial charge on any atom is 0.328 e. The van der Waals surface area contributed by atoms with Crippen molar-refractivity contribution < 1.29 is 4.39 Å². The summed E-state index contributed by atoms with van der Waals surface area (Å²) in [5, 5.41) is 3.20. The van der Waals surface area contributed by atoms with E-state index in [-0.39, 0.29) is 16.8 Å². The first kappa shape index (κ1) is 13.1. The standard InChI is InChI=1S/C14H16FN3O2/c15-10-4-1-5-11-12(10)13(19)18(14(20)17-11)8-9-3-2-6-16-7-9/h1,4-5,9,16H,2-3,6-8H2,(H,17,20). The van der Waals surface area contributed by atoms with Crippen molar-refractivity contribution in [3.63, 3.8) is 0 Å². The van der Waals surface area contributed by atoms with Crippen LogP contribution in [0.4, 0.5) is 4.39 Å². The van der Waals surface area contributed by atoms with Crippen molar-refractivity contribution in [2.45, 2.75) is 19.4 Å². The third-order valence-electron chi connectivity index (χ3n) is 3.80. The summed E-state index contributed by atoms with van der Waals surface area (Å²) in [5.41, 5.74) is -0.774. The van der Waals surface area contributed by atoms with Gasteiger partial charge in [0.05, 0.1) is 10.9 Å². The van der Waals surface area contributed by atoms with Crippen LogP contribution in [-0.4, -0.2) is 22.6 Å². The lowest BCUT2D eigenvalue weighted by molar-refractivity contribution is 0.329. The molecule has 5 nitrogen and oxygen atoms in total. The Morgan fingerprint density at radius 1 is 1.35 bits per heavy atom. The number of halogens is 1. The molecule has 6 heteroatoms. The molecule has 20 heavy (non-hydrogen) atoms. The fourth-order valence-electron chi connectivity index (χ4n) is 2.76. The number of benzene rings is 1. The van der Waals surface area contributed by atoms with Gasteiger partial charge in [0.15, 0.2) is 0 Å². The quantitative estimate of drug-likeness (QED) is 0.854. The minimum Gasteiger partial charge on any atom is -0.316 e. The highest BCUT2D eigenvalue weighted by Gasteiger charge is 2.17. The number of rotatable bonds is 2. The van der Waals surface area contributed by atoms with Gasteiger partial charge in [-0.25, -0.2) is 9.18 Å². The van der Waals surface area contributed by atoms with E-state index in [9.17, 15) is 14.0 Å². The summed E-state index contributed by atoms with van der Waals surface area (Å²) in [6.07, 6.45) is 1.99. The molecule has 2 heterocycles. The number of aromatic nitrogens is 2. The van der Waals surface area contributed by atoms with Crippen LogP contribution in [0.5, 0.6) is 0 Å². The SMILES string of the molecule is O=c1[nH]c2cccc(F)c2c(=O)n1CC1CCCNC1. The number of piperidine rings is 1. The van der Waals surface area contributed by atoms with Crippen molar-refractivity contribution >= 4 is 10.9 Å². The maximum atomic E-state index is 13.8. The number of fused-ring (bicyclic) bond motifs is 1. The molecule has 1 aliphatic heterocycles. The van der Waals surface area contributed by atoms with E-state index in [2.05, 4.69) is 10.3 Å². The van der Waals surface area contributed by atoms with Crippen LogP contribution in [0.2, 0.25) is 0 Å². The largest absolute Gasteiger partial charge is 0.328 e. The summed E-state index contributed by atoms with van der Waals surface area (Å²) in [7, 11) is 0. The van der Waals surface area contributed by atoms with E-state index in [4.69, 9.17) is 0 Å². The van der Waals surface area contributed by atoms with E-state index in [1.54, 1.807) is 0 Å². The maximum absolute atomic E-state index is 13.8. The lowest BCUT2D eigenvalue weighted by Gasteiger charge is -2.23. The van der Waals surface area contributed by atoms with Crippen molar-refractivity contribution in [2.24, 2.45) is 5.92 Å². The third-order valence-corrected chi connectivity index (χ3v) is 3.80. The predicted molar refractivity (Wildman–Crippen MR) is 74.4 cm³/mol. The first-order valence-electron chi connectivity index (χ1n) is 6.79. The second-order valence-electron chi connectivity index (χ2n) is 5.22. The fourth-order valence-corrected chi connectivity index (χ4v) is 2.76. The van der Waals surface area contributed by atoms with Crippen molar-refractivity contribution in [1.82, 2.24) is 14.9 Å². The molecular weight excluding hydrogens is 261 g/mol. The number of hydrogen-bond donors (Lipinski definition) is 2. The van der Waals surface area contributed by atoms with Gasteiger partial charge in [-0.1, -0.05) is 6.07 Å². The molecule has 1 aliphatic rings. The molecule has 1 unspecified atom stereocenters. The van der Waals surface area contributed by atoms with E-state index in [1.807, 2.05) is 0 Å². The Kier molecular flexibility index (Phi) is 3.40. The Hall–Kier alpha value is -1.95. The lowest BCUT2D eigenvalue weighted by Crippen LogP contribution is -2.41. The normalized spacial score (nSPS) is 19.4. The Labute approximate surface area is 114 Å². The molecule has 1 aromatic heterocycles. The molecule has 0 saturated carbocycles. The van der Waals surface area contributed by atoms with Crippen LogP contribution < -0.4 is 16.6 Å². The van der Waals surface area contributed by atoms with Crippen molar-refractivity contribution in [1.29, 1.82) is 0 Å². The van der Waals surface area contributed by atoms with Gasteiger partial charge in [-0.3, -0.25) is 9.36 Å². The number of aromatic amines is 1. The fraction of sp³-hybridized carbons (Fsp3) is 0.429. The topological polar surface area (TPSA) is 66.9 Å². The molecule has 1 aromatic carbocycles. The molecule has 0 spiro atoms. The molecule has 2 N–H and O–H groups in total. The van der Waals surface area contributed by atoms with Gasteiger partial charge in [-0.2, -0.15) is 0 Å². The Morgan fingerprint density at radius 3 is 2.95 bits per heavy atom. The van der Waals surface area contributed by atoms with Crippen LogP contribution in [0, 0.1) is 11.7 Å². The minimum atomic E-state index is -0.598. The zero-order chi connectivity index (χ0) is 14.1. The Balaban J connectivity index is 2.08. The van der Waals surface area contributed by atoms with Crippen LogP contribution >= 0.6 is 0 Å². The zero-order valence-corrected chi connectivity index (χ0v) is 11.0. The van der Waals surface area contributed by atoms with Crippen LogP contribution in [0.25, 0.3) is 10.9 Å². The minimum absolute atomic E-state index is 0.0455.